The number of methoxy groups -OCH3 is 2. The summed E-state index contributed by atoms with van der Waals surface area (Å²) in [6.07, 6.45) is 0. The van der Waals surface area contributed by atoms with Gasteiger partial charge in [-0.3, -0.25) is 0 Å². The summed E-state index contributed by atoms with van der Waals surface area (Å²) in [4.78, 5) is 12.3. The van der Waals surface area contributed by atoms with Gasteiger partial charge in [-0.1, -0.05) is 36.9 Å². The van der Waals surface area contributed by atoms with Crippen molar-refractivity contribution in [2.45, 2.75) is 6.92 Å². The molecule has 1 aromatic heterocycles. The second-order valence-electron chi connectivity index (χ2n) is 7.25. The first-order valence-corrected chi connectivity index (χ1v) is 9.82. The first-order valence-electron chi connectivity index (χ1n) is 9.82. The van der Waals surface area contributed by atoms with Gasteiger partial charge >= 0.3 is 5.63 Å². The van der Waals surface area contributed by atoms with Gasteiger partial charge in [0.05, 0.1) is 19.6 Å². The number of allylic oxidation sites excluding steroid dienone is 1. The van der Waals surface area contributed by atoms with Crippen LogP contribution in [-0.2, 0) is 0 Å². The molecule has 0 unspecified atom stereocenters. The molecule has 0 amide bonds. The topological polar surface area (TPSA) is 60.7 Å². The maximum Gasteiger partial charge on any atom is 0.336 e. The summed E-state index contributed by atoms with van der Waals surface area (Å²) in [7, 11) is 3.14. The number of rotatable bonds is 6. The summed E-state index contributed by atoms with van der Waals surface area (Å²) >= 11 is 0. The molecule has 1 heterocycles. The lowest BCUT2D eigenvalue weighted by atomic mass is 9.96. The third-order valence-corrected chi connectivity index (χ3v) is 4.99. The molecular formula is C26H23NO4. The molecule has 0 saturated heterocycles. The summed E-state index contributed by atoms with van der Waals surface area (Å²) in [5.41, 5.74) is 5.59. The van der Waals surface area contributed by atoms with Gasteiger partial charge < -0.3 is 19.2 Å². The zero-order chi connectivity index (χ0) is 22.0. The lowest BCUT2D eigenvalue weighted by Crippen LogP contribution is -2.00. The van der Waals surface area contributed by atoms with Crippen molar-refractivity contribution >= 4 is 16.7 Å². The Kier molecular flexibility index (Phi) is 5.50. The van der Waals surface area contributed by atoms with Crippen LogP contribution in [0, 0.1) is 0 Å². The van der Waals surface area contributed by atoms with Crippen molar-refractivity contribution in [3.05, 3.63) is 89.4 Å². The maximum absolute atomic E-state index is 12.3. The SMILES string of the molecule is C=C(C)Nc1ccc(-c2cccc(-c3cc(=O)oc4cc(OC)cc(OC)c34)c2)cc1. The molecule has 0 spiro atoms. The van der Waals surface area contributed by atoms with Crippen molar-refractivity contribution in [1.29, 1.82) is 0 Å². The Bertz CT molecular complexity index is 1320. The monoisotopic (exact) mass is 413 g/mol. The van der Waals surface area contributed by atoms with E-state index in [-0.39, 0.29) is 0 Å². The van der Waals surface area contributed by atoms with Crippen molar-refractivity contribution in [2.75, 3.05) is 19.5 Å². The van der Waals surface area contributed by atoms with Crippen LogP contribution in [0.15, 0.2) is 88.2 Å². The fourth-order valence-corrected chi connectivity index (χ4v) is 3.60. The largest absolute Gasteiger partial charge is 0.496 e. The van der Waals surface area contributed by atoms with Gasteiger partial charge in [0.25, 0.3) is 0 Å². The third-order valence-electron chi connectivity index (χ3n) is 4.99. The summed E-state index contributed by atoms with van der Waals surface area (Å²) in [5, 5.41) is 3.93. The van der Waals surface area contributed by atoms with E-state index in [9.17, 15) is 4.79 Å². The smallest absolute Gasteiger partial charge is 0.336 e. The molecule has 0 fully saturated rings. The van der Waals surface area contributed by atoms with Crippen molar-refractivity contribution in [1.82, 2.24) is 0 Å². The Hall–Kier alpha value is -3.99. The Balaban J connectivity index is 1.84. The minimum atomic E-state index is -0.432. The Morgan fingerprint density at radius 1 is 0.903 bits per heavy atom. The molecular weight excluding hydrogens is 390 g/mol. The lowest BCUT2D eigenvalue weighted by molar-refractivity contribution is 0.396. The highest BCUT2D eigenvalue weighted by Crippen LogP contribution is 2.38. The van der Waals surface area contributed by atoms with Gasteiger partial charge in [0.15, 0.2) is 0 Å². The van der Waals surface area contributed by atoms with Crippen LogP contribution >= 0.6 is 0 Å². The van der Waals surface area contributed by atoms with E-state index in [2.05, 4.69) is 18.0 Å². The van der Waals surface area contributed by atoms with Crippen LogP contribution < -0.4 is 20.4 Å². The molecule has 0 atom stereocenters. The van der Waals surface area contributed by atoms with E-state index in [1.165, 1.54) is 6.07 Å². The number of hydrogen-bond acceptors (Lipinski definition) is 5. The Morgan fingerprint density at radius 3 is 2.32 bits per heavy atom. The molecule has 0 aliphatic carbocycles. The number of hydrogen-bond donors (Lipinski definition) is 1. The van der Waals surface area contributed by atoms with Gasteiger partial charge in [-0.05, 0) is 41.8 Å². The standard InChI is InChI=1S/C26H23NO4/c1-16(2)27-20-10-8-17(9-11-20)18-6-5-7-19(12-18)22-15-25(28)31-24-14-21(29-3)13-23(30-4)26(22)24/h5-15,27H,1H2,2-4H3. The van der Waals surface area contributed by atoms with Crippen LogP contribution in [0.4, 0.5) is 5.69 Å². The van der Waals surface area contributed by atoms with Gasteiger partial charge in [0, 0.05) is 35.1 Å². The molecule has 156 valence electrons. The first-order chi connectivity index (χ1) is 15.0. The van der Waals surface area contributed by atoms with Gasteiger partial charge in [0.2, 0.25) is 0 Å². The highest BCUT2D eigenvalue weighted by Gasteiger charge is 2.15. The Morgan fingerprint density at radius 2 is 1.65 bits per heavy atom. The summed E-state index contributed by atoms with van der Waals surface area (Å²) in [6, 6.07) is 21.1. The van der Waals surface area contributed by atoms with Crippen LogP contribution in [0.3, 0.4) is 0 Å². The quantitative estimate of drug-likeness (QED) is 0.388. The van der Waals surface area contributed by atoms with E-state index in [1.807, 2.05) is 49.4 Å². The molecule has 5 nitrogen and oxygen atoms in total. The number of anilines is 1. The number of fused-ring (bicyclic) bond motifs is 1. The van der Waals surface area contributed by atoms with Crippen molar-refractivity contribution < 1.29 is 13.9 Å². The normalized spacial score (nSPS) is 10.7. The molecule has 4 aromatic rings. The number of ether oxygens (including phenoxy) is 2. The van der Waals surface area contributed by atoms with E-state index in [1.54, 1.807) is 26.4 Å². The van der Waals surface area contributed by atoms with E-state index >= 15 is 0 Å². The molecule has 5 heteroatoms. The average Bonchev–Trinajstić information content (AvgIpc) is 2.77. The van der Waals surface area contributed by atoms with Crippen LogP contribution in [0.5, 0.6) is 11.5 Å². The van der Waals surface area contributed by atoms with Gasteiger partial charge in [0.1, 0.15) is 17.1 Å². The van der Waals surface area contributed by atoms with E-state index < -0.39 is 5.63 Å². The van der Waals surface area contributed by atoms with Crippen LogP contribution in [0.2, 0.25) is 0 Å². The zero-order valence-corrected chi connectivity index (χ0v) is 17.7. The Labute approximate surface area is 180 Å². The molecule has 0 bridgehead atoms. The minimum absolute atomic E-state index is 0.416. The van der Waals surface area contributed by atoms with Gasteiger partial charge in [-0.25, -0.2) is 4.79 Å². The fourth-order valence-electron chi connectivity index (χ4n) is 3.60. The minimum Gasteiger partial charge on any atom is -0.496 e. The second-order valence-corrected chi connectivity index (χ2v) is 7.25. The van der Waals surface area contributed by atoms with E-state index in [4.69, 9.17) is 13.9 Å². The lowest BCUT2D eigenvalue weighted by Gasteiger charge is -2.13. The molecule has 0 radical (unpaired) electrons. The molecule has 31 heavy (non-hydrogen) atoms. The molecule has 3 aromatic carbocycles. The van der Waals surface area contributed by atoms with Crippen LogP contribution in [0.1, 0.15) is 6.92 Å². The van der Waals surface area contributed by atoms with Gasteiger partial charge in [-0.2, -0.15) is 0 Å². The predicted octanol–water partition coefficient (Wildman–Crippen LogP) is 6.09. The van der Waals surface area contributed by atoms with E-state index in [0.29, 0.717) is 17.1 Å². The maximum atomic E-state index is 12.3. The average molecular weight is 413 g/mol. The first kappa shape index (κ1) is 20.3. The van der Waals surface area contributed by atoms with Crippen molar-refractivity contribution in [3.63, 3.8) is 0 Å². The molecule has 4 rings (SSSR count). The fraction of sp³-hybridized carbons (Fsp3) is 0.115. The van der Waals surface area contributed by atoms with Crippen molar-refractivity contribution in [2.24, 2.45) is 0 Å². The molecule has 0 aliphatic rings. The summed E-state index contributed by atoms with van der Waals surface area (Å²) in [6.45, 7) is 5.79. The molecule has 1 N–H and O–H groups in total. The summed E-state index contributed by atoms with van der Waals surface area (Å²) < 4.78 is 16.3. The third kappa shape index (κ3) is 4.16. The van der Waals surface area contributed by atoms with E-state index in [0.717, 1.165) is 39.0 Å². The predicted molar refractivity (Wildman–Crippen MR) is 125 cm³/mol. The summed E-state index contributed by atoms with van der Waals surface area (Å²) in [5.74, 6) is 1.13. The van der Waals surface area contributed by atoms with Crippen LogP contribution in [-0.4, -0.2) is 14.2 Å². The second kappa shape index (κ2) is 8.40. The van der Waals surface area contributed by atoms with Crippen LogP contribution in [0.25, 0.3) is 33.2 Å². The molecule has 0 saturated carbocycles. The highest BCUT2D eigenvalue weighted by molar-refractivity contribution is 5.99. The number of nitrogens with one attached hydrogen (secondary N) is 1. The molecule has 0 aliphatic heterocycles. The highest BCUT2D eigenvalue weighted by atomic mass is 16.5. The van der Waals surface area contributed by atoms with Gasteiger partial charge in [-0.15, -0.1) is 0 Å². The zero-order valence-electron chi connectivity index (χ0n) is 17.7. The number of benzene rings is 3. The van der Waals surface area contributed by atoms with Crippen molar-refractivity contribution in [3.8, 4) is 33.8 Å².